The van der Waals surface area contributed by atoms with Crippen molar-refractivity contribution >= 4 is 17.0 Å². The number of pyridine rings is 2. The maximum Gasteiger partial charge on any atom is 0.417 e. The number of aromatic nitrogens is 2. The first-order valence-electron chi connectivity index (χ1n) is 13.3. The van der Waals surface area contributed by atoms with Crippen molar-refractivity contribution in [1.82, 2.24) is 9.97 Å². The maximum atomic E-state index is 14.9. The van der Waals surface area contributed by atoms with Crippen LogP contribution in [0.3, 0.4) is 0 Å². The van der Waals surface area contributed by atoms with Crippen molar-refractivity contribution < 1.29 is 45.3 Å². The van der Waals surface area contributed by atoms with Crippen molar-refractivity contribution in [1.29, 1.82) is 0 Å². The first-order chi connectivity index (χ1) is 19.9. The number of carboxylic acids is 1. The van der Waals surface area contributed by atoms with E-state index in [2.05, 4.69) is 9.97 Å². The Kier molecular flexibility index (Phi) is 7.20. The molecule has 4 atom stereocenters. The Labute approximate surface area is 240 Å². The number of benzene rings is 1. The van der Waals surface area contributed by atoms with E-state index in [1.807, 2.05) is 0 Å². The van der Waals surface area contributed by atoms with Crippen LogP contribution in [0.4, 0.5) is 17.6 Å². The van der Waals surface area contributed by atoms with Gasteiger partial charge < -0.3 is 14.6 Å². The number of hydrogen-bond acceptors (Lipinski definition) is 7. The Balaban J connectivity index is 1.20. The molecule has 0 amide bonds. The zero-order valence-electron chi connectivity index (χ0n) is 22.5. The van der Waals surface area contributed by atoms with Gasteiger partial charge in [0.25, 0.3) is 0 Å². The van der Waals surface area contributed by atoms with Crippen LogP contribution < -0.4 is 9.47 Å². The maximum absolute atomic E-state index is 14.9. The van der Waals surface area contributed by atoms with Crippen LogP contribution in [0.5, 0.6) is 11.8 Å². The summed E-state index contributed by atoms with van der Waals surface area (Å²) in [5, 5.41) is 9.29. The van der Waals surface area contributed by atoms with E-state index in [-0.39, 0.29) is 64.8 Å². The third-order valence-electron chi connectivity index (χ3n) is 8.10. The van der Waals surface area contributed by atoms with Gasteiger partial charge in [0.05, 0.1) is 17.6 Å². The van der Waals surface area contributed by atoms with E-state index < -0.39 is 40.5 Å². The van der Waals surface area contributed by atoms with Gasteiger partial charge in [-0.1, -0.05) is 0 Å². The van der Waals surface area contributed by atoms with E-state index in [4.69, 9.17) is 13.7 Å². The lowest BCUT2D eigenvalue weighted by molar-refractivity contribution is -0.139. The molecule has 0 bridgehead atoms. The first kappa shape index (κ1) is 28.5. The topological polar surface area (TPSA) is 108 Å². The molecule has 13 heteroatoms. The van der Waals surface area contributed by atoms with Crippen molar-refractivity contribution in [3.05, 3.63) is 70.3 Å². The molecular formula is C29H26F4N2O6S. The minimum atomic E-state index is -4.83. The van der Waals surface area contributed by atoms with Crippen LogP contribution in [0.1, 0.15) is 46.7 Å². The Morgan fingerprint density at radius 2 is 1.88 bits per heavy atom. The third kappa shape index (κ3) is 5.47. The molecule has 0 spiro atoms. The number of carbonyl (C=O) groups is 1. The van der Waals surface area contributed by atoms with E-state index in [9.17, 15) is 31.7 Å². The summed E-state index contributed by atoms with van der Waals surface area (Å²) in [6.45, 7) is 1.18. The lowest BCUT2D eigenvalue weighted by Crippen LogP contribution is -2.39. The molecule has 2 fully saturated rings. The van der Waals surface area contributed by atoms with Gasteiger partial charge in [-0.2, -0.15) is 13.2 Å². The average molecular weight is 607 g/mol. The van der Waals surface area contributed by atoms with Gasteiger partial charge in [-0.25, -0.2) is 18.6 Å². The number of rotatable bonds is 9. The molecule has 6 rings (SSSR count). The van der Waals surface area contributed by atoms with Gasteiger partial charge in [0, 0.05) is 60.2 Å². The standard InChI is InChI=1S/C29H26F4N2O6S/c1-13-18(3-4-24(35-13)40-16-8-17(9-16)41-42(2)38)19-6-15(23(30)10-22(19)29(31,32)33)12-39-25-7-14-5-20-26(21(14)11-34-25)27(20)28(36)37/h3-4,6-7,10-11,16-17,20,26-27H,5,8-9,12H2,1-2H3,(H,36,37)/t16?,17?,20-,26-,27+,42?/m1/s1. The summed E-state index contributed by atoms with van der Waals surface area (Å²) in [6, 6.07) is 6.16. The van der Waals surface area contributed by atoms with E-state index >= 15 is 0 Å². The monoisotopic (exact) mass is 606 g/mol. The molecule has 2 saturated carbocycles. The largest absolute Gasteiger partial charge is 0.481 e. The van der Waals surface area contributed by atoms with Crippen LogP contribution in [0.2, 0.25) is 0 Å². The lowest BCUT2D eigenvalue weighted by Gasteiger charge is -2.33. The summed E-state index contributed by atoms with van der Waals surface area (Å²) in [4.78, 5) is 19.9. The summed E-state index contributed by atoms with van der Waals surface area (Å²) in [5.41, 5.74) is 0.714. The van der Waals surface area contributed by atoms with Gasteiger partial charge in [0.1, 0.15) is 18.5 Å². The number of halogens is 4. The van der Waals surface area contributed by atoms with E-state index in [0.29, 0.717) is 25.3 Å². The number of aryl methyl sites for hydroxylation is 1. The number of hydrogen-bond donors (Lipinski definition) is 1. The average Bonchev–Trinajstić information content (AvgIpc) is 3.48. The zero-order chi connectivity index (χ0) is 29.9. The Hall–Kier alpha value is -3.58. The van der Waals surface area contributed by atoms with Crippen molar-refractivity contribution in [2.75, 3.05) is 6.26 Å². The summed E-state index contributed by atoms with van der Waals surface area (Å²) in [7, 11) is 0. The fourth-order valence-electron chi connectivity index (χ4n) is 5.96. The van der Waals surface area contributed by atoms with E-state index in [1.165, 1.54) is 18.4 Å². The molecule has 1 N–H and O–H groups in total. The minimum Gasteiger partial charge on any atom is -0.481 e. The van der Waals surface area contributed by atoms with Crippen molar-refractivity contribution in [3.8, 4) is 22.9 Å². The Morgan fingerprint density at radius 1 is 1.12 bits per heavy atom. The molecule has 8 nitrogen and oxygen atoms in total. The SMILES string of the molecule is Cc1nc(OC2CC(OS(C)=O)C2)ccc1-c1cc(COc2cc3c(cn2)[C@H]2[C@@H](C3)[C@@H]2C(=O)O)c(F)cc1C(F)(F)F. The van der Waals surface area contributed by atoms with Gasteiger partial charge in [-0.15, -0.1) is 0 Å². The fraction of sp³-hybridized carbons (Fsp3) is 0.414. The third-order valence-corrected chi connectivity index (χ3v) is 8.64. The summed E-state index contributed by atoms with van der Waals surface area (Å²) < 4.78 is 84.7. The number of fused-ring (bicyclic) bond motifs is 3. The zero-order valence-corrected chi connectivity index (χ0v) is 23.3. The number of nitrogens with zero attached hydrogens (tertiary/aromatic N) is 2. The predicted octanol–water partition coefficient (Wildman–Crippen LogP) is 5.38. The van der Waals surface area contributed by atoms with Gasteiger partial charge in [0.2, 0.25) is 11.8 Å². The molecule has 0 aliphatic heterocycles. The number of aliphatic carboxylic acids is 1. The van der Waals surface area contributed by atoms with Crippen LogP contribution in [0.15, 0.2) is 36.5 Å². The van der Waals surface area contributed by atoms with E-state index in [1.54, 1.807) is 19.2 Å². The second-order valence-electron chi connectivity index (χ2n) is 10.9. The lowest BCUT2D eigenvalue weighted by atomic mass is 9.92. The molecule has 222 valence electrons. The van der Waals surface area contributed by atoms with Crippen molar-refractivity contribution in [2.24, 2.45) is 11.8 Å². The quantitative estimate of drug-likeness (QED) is 0.324. The van der Waals surface area contributed by atoms with Gasteiger partial charge in [-0.3, -0.25) is 8.98 Å². The summed E-state index contributed by atoms with van der Waals surface area (Å²) >= 11 is -1.38. The second kappa shape index (κ2) is 10.6. The number of carboxylic acid groups (broad SMARTS) is 1. The molecule has 3 aromatic rings. The highest BCUT2D eigenvalue weighted by molar-refractivity contribution is 7.79. The van der Waals surface area contributed by atoms with Crippen LogP contribution in [0, 0.1) is 24.6 Å². The minimum absolute atomic E-state index is 0.0330. The normalized spacial score (nSPS) is 24.8. The van der Waals surface area contributed by atoms with Crippen LogP contribution >= 0.6 is 0 Å². The highest BCUT2D eigenvalue weighted by Gasteiger charge is 2.60. The highest BCUT2D eigenvalue weighted by atomic mass is 32.2. The molecule has 1 aromatic carbocycles. The molecule has 2 heterocycles. The van der Waals surface area contributed by atoms with Crippen molar-refractivity contribution in [3.63, 3.8) is 0 Å². The molecule has 3 aliphatic rings. The van der Waals surface area contributed by atoms with Crippen LogP contribution in [0.25, 0.3) is 11.1 Å². The first-order valence-corrected chi connectivity index (χ1v) is 14.8. The Morgan fingerprint density at radius 3 is 2.55 bits per heavy atom. The molecule has 2 aromatic heterocycles. The van der Waals surface area contributed by atoms with Gasteiger partial charge >= 0.3 is 12.1 Å². The molecule has 0 radical (unpaired) electrons. The van der Waals surface area contributed by atoms with Gasteiger partial charge in [0.15, 0.2) is 11.1 Å². The summed E-state index contributed by atoms with van der Waals surface area (Å²) in [6.07, 6.45) is -0.609. The predicted molar refractivity (Wildman–Crippen MR) is 142 cm³/mol. The summed E-state index contributed by atoms with van der Waals surface area (Å²) in [5.74, 6) is -1.92. The number of ether oxygens (including phenoxy) is 2. The molecule has 1 unspecified atom stereocenters. The Bertz CT molecular complexity index is 1590. The smallest absolute Gasteiger partial charge is 0.417 e. The number of alkyl halides is 3. The second-order valence-corrected chi connectivity index (χ2v) is 11.9. The highest BCUT2D eigenvalue weighted by Crippen LogP contribution is 2.61. The van der Waals surface area contributed by atoms with E-state index in [0.717, 1.165) is 17.2 Å². The molecule has 42 heavy (non-hydrogen) atoms. The van der Waals surface area contributed by atoms with Crippen molar-refractivity contribution in [2.45, 2.75) is 57.1 Å². The molecule has 3 aliphatic carbocycles. The van der Waals surface area contributed by atoms with Crippen LogP contribution in [-0.2, 0) is 39.3 Å². The molecular weight excluding hydrogens is 580 g/mol. The fourth-order valence-corrected chi connectivity index (χ4v) is 6.51. The van der Waals surface area contributed by atoms with Gasteiger partial charge in [-0.05, 0) is 54.2 Å². The molecule has 0 saturated heterocycles. The van der Waals surface area contributed by atoms with Crippen LogP contribution in [-0.4, -0.2) is 43.7 Å².